The van der Waals surface area contributed by atoms with Gasteiger partial charge in [0.05, 0.1) is 0 Å². The van der Waals surface area contributed by atoms with Crippen molar-refractivity contribution in [2.45, 2.75) is 52.5 Å². The first kappa shape index (κ1) is 13.7. The average Bonchev–Trinajstić information content (AvgIpc) is 2.76. The molecule has 0 radical (unpaired) electrons. The maximum atomic E-state index is 3.56. The van der Waals surface area contributed by atoms with Crippen molar-refractivity contribution in [3.05, 3.63) is 22.4 Å². The lowest BCUT2D eigenvalue weighted by Crippen LogP contribution is -2.28. The second-order valence-electron chi connectivity index (χ2n) is 4.81. The van der Waals surface area contributed by atoms with Crippen LogP contribution in [0.1, 0.15) is 44.9 Å². The van der Waals surface area contributed by atoms with E-state index in [1.807, 2.05) is 11.3 Å². The lowest BCUT2D eigenvalue weighted by molar-refractivity contribution is 0.404. The lowest BCUT2D eigenvalue weighted by Gasteiger charge is -2.18. The van der Waals surface area contributed by atoms with Crippen LogP contribution in [0.3, 0.4) is 0 Å². The summed E-state index contributed by atoms with van der Waals surface area (Å²) in [6, 6.07) is 5.06. The molecule has 1 N–H and O–H groups in total. The van der Waals surface area contributed by atoms with Crippen molar-refractivity contribution in [1.29, 1.82) is 0 Å². The van der Waals surface area contributed by atoms with Crippen molar-refractivity contribution in [2.24, 2.45) is 5.92 Å². The Bertz CT molecular complexity index is 256. The standard InChI is InChI=1S/C14H25NS/c1-4-9-15-13(3)11-12(2)7-8-14-6-5-10-16-14/h5-6,10,12-13,15H,4,7-9,11H2,1-3H3. The van der Waals surface area contributed by atoms with Crippen LogP contribution in [0.25, 0.3) is 0 Å². The Labute approximate surface area is 104 Å². The van der Waals surface area contributed by atoms with Crippen molar-refractivity contribution in [3.63, 3.8) is 0 Å². The molecule has 2 unspecified atom stereocenters. The van der Waals surface area contributed by atoms with E-state index in [1.165, 1.54) is 30.6 Å². The van der Waals surface area contributed by atoms with Gasteiger partial charge in [-0.05, 0) is 56.5 Å². The van der Waals surface area contributed by atoms with E-state index in [2.05, 4.69) is 43.6 Å². The van der Waals surface area contributed by atoms with Gasteiger partial charge in [0.2, 0.25) is 0 Å². The fourth-order valence-electron chi connectivity index (χ4n) is 2.04. The zero-order valence-electron chi connectivity index (χ0n) is 10.8. The van der Waals surface area contributed by atoms with E-state index < -0.39 is 0 Å². The zero-order chi connectivity index (χ0) is 11.8. The topological polar surface area (TPSA) is 12.0 Å². The first-order chi connectivity index (χ1) is 7.72. The summed E-state index contributed by atoms with van der Waals surface area (Å²) in [6.07, 6.45) is 5.09. The molecule has 0 aliphatic carbocycles. The molecule has 2 heteroatoms. The lowest BCUT2D eigenvalue weighted by atomic mass is 9.97. The number of hydrogen-bond acceptors (Lipinski definition) is 2. The number of nitrogens with one attached hydrogen (secondary N) is 1. The van der Waals surface area contributed by atoms with Gasteiger partial charge >= 0.3 is 0 Å². The molecule has 1 aromatic rings. The Morgan fingerprint density at radius 2 is 2.19 bits per heavy atom. The summed E-state index contributed by atoms with van der Waals surface area (Å²) in [6.45, 7) is 8.05. The predicted molar refractivity (Wildman–Crippen MR) is 74.2 cm³/mol. The molecule has 1 heterocycles. The van der Waals surface area contributed by atoms with Crippen LogP contribution in [0.4, 0.5) is 0 Å². The largest absolute Gasteiger partial charge is 0.314 e. The highest BCUT2D eigenvalue weighted by Gasteiger charge is 2.08. The Hall–Kier alpha value is -0.340. The molecule has 0 aliphatic heterocycles. The van der Waals surface area contributed by atoms with Gasteiger partial charge in [-0.3, -0.25) is 0 Å². The molecule has 1 rings (SSSR count). The third-order valence-corrected chi connectivity index (χ3v) is 3.90. The van der Waals surface area contributed by atoms with Crippen molar-refractivity contribution < 1.29 is 0 Å². The summed E-state index contributed by atoms with van der Waals surface area (Å²) in [5.74, 6) is 0.821. The smallest absolute Gasteiger partial charge is 0.00453 e. The molecule has 0 saturated carbocycles. The molecule has 0 amide bonds. The number of rotatable bonds is 8. The molecule has 1 aromatic heterocycles. The molecular weight excluding hydrogens is 214 g/mol. The first-order valence-corrected chi connectivity index (χ1v) is 7.36. The van der Waals surface area contributed by atoms with Gasteiger partial charge in [-0.15, -0.1) is 11.3 Å². The normalized spacial score (nSPS) is 14.9. The SMILES string of the molecule is CCCNC(C)CC(C)CCc1cccs1. The van der Waals surface area contributed by atoms with Crippen LogP contribution in [0.2, 0.25) is 0 Å². The van der Waals surface area contributed by atoms with Gasteiger partial charge in [0, 0.05) is 10.9 Å². The Morgan fingerprint density at radius 1 is 1.38 bits per heavy atom. The van der Waals surface area contributed by atoms with Gasteiger partial charge in [0.15, 0.2) is 0 Å². The minimum absolute atomic E-state index is 0.665. The number of aryl methyl sites for hydroxylation is 1. The van der Waals surface area contributed by atoms with Crippen LogP contribution >= 0.6 is 11.3 Å². The summed E-state index contributed by atoms with van der Waals surface area (Å²) in [4.78, 5) is 1.53. The zero-order valence-corrected chi connectivity index (χ0v) is 11.6. The molecule has 1 nitrogen and oxygen atoms in total. The molecule has 0 aromatic carbocycles. The highest BCUT2D eigenvalue weighted by atomic mass is 32.1. The predicted octanol–water partition coefficient (Wildman–Crippen LogP) is 4.10. The van der Waals surface area contributed by atoms with Gasteiger partial charge in [-0.25, -0.2) is 0 Å². The van der Waals surface area contributed by atoms with Crippen molar-refractivity contribution >= 4 is 11.3 Å². The van der Waals surface area contributed by atoms with E-state index in [-0.39, 0.29) is 0 Å². The van der Waals surface area contributed by atoms with Crippen LogP contribution in [0, 0.1) is 5.92 Å². The van der Waals surface area contributed by atoms with Gasteiger partial charge in [0.25, 0.3) is 0 Å². The van der Waals surface area contributed by atoms with Crippen LogP contribution in [-0.4, -0.2) is 12.6 Å². The second kappa shape index (κ2) is 7.86. The monoisotopic (exact) mass is 239 g/mol. The summed E-state index contributed by atoms with van der Waals surface area (Å²) in [5.41, 5.74) is 0. The third kappa shape index (κ3) is 5.66. The molecule has 0 fully saturated rings. The van der Waals surface area contributed by atoms with Gasteiger partial charge in [-0.2, -0.15) is 0 Å². The van der Waals surface area contributed by atoms with Crippen LogP contribution in [-0.2, 0) is 6.42 Å². The van der Waals surface area contributed by atoms with Crippen molar-refractivity contribution in [3.8, 4) is 0 Å². The fourth-order valence-corrected chi connectivity index (χ4v) is 2.76. The van der Waals surface area contributed by atoms with E-state index in [0.29, 0.717) is 6.04 Å². The van der Waals surface area contributed by atoms with Crippen LogP contribution in [0.15, 0.2) is 17.5 Å². The van der Waals surface area contributed by atoms with E-state index >= 15 is 0 Å². The van der Waals surface area contributed by atoms with Crippen molar-refractivity contribution in [1.82, 2.24) is 5.32 Å². The molecular formula is C14H25NS. The molecule has 0 spiro atoms. The first-order valence-electron chi connectivity index (χ1n) is 6.48. The summed E-state index contributed by atoms with van der Waals surface area (Å²) in [5, 5.41) is 5.73. The fraction of sp³-hybridized carbons (Fsp3) is 0.714. The molecule has 92 valence electrons. The number of hydrogen-bond donors (Lipinski definition) is 1. The van der Waals surface area contributed by atoms with E-state index in [1.54, 1.807) is 0 Å². The summed E-state index contributed by atoms with van der Waals surface area (Å²) in [7, 11) is 0. The Balaban J connectivity index is 2.12. The maximum absolute atomic E-state index is 3.56. The highest BCUT2D eigenvalue weighted by Crippen LogP contribution is 2.17. The molecule has 0 bridgehead atoms. The summed E-state index contributed by atoms with van der Waals surface area (Å²) >= 11 is 1.88. The maximum Gasteiger partial charge on any atom is 0.00453 e. The third-order valence-electron chi connectivity index (χ3n) is 2.96. The Morgan fingerprint density at radius 3 is 2.81 bits per heavy atom. The van der Waals surface area contributed by atoms with Crippen LogP contribution < -0.4 is 5.32 Å². The van der Waals surface area contributed by atoms with Gasteiger partial charge < -0.3 is 5.32 Å². The minimum atomic E-state index is 0.665. The molecule has 16 heavy (non-hydrogen) atoms. The number of thiophene rings is 1. The quantitative estimate of drug-likeness (QED) is 0.720. The molecule has 0 aliphatic rings. The van der Waals surface area contributed by atoms with E-state index in [9.17, 15) is 0 Å². The average molecular weight is 239 g/mol. The van der Waals surface area contributed by atoms with Gasteiger partial charge in [-0.1, -0.05) is 19.9 Å². The Kier molecular flexibility index (Phi) is 6.74. The minimum Gasteiger partial charge on any atom is -0.314 e. The molecule has 0 saturated heterocycles. The van der Waals surface area contributed by atoms with Crippen molar-refractivity contribution in [2.75, 3.05) is 6.54 Å². The van der Waals surface area contributed by atoms with E-state index in [0.717, 1.165) is 12.5 Å². The van der Waals surface area contributed by atoms with E-state index in [4.69, 9.17) is 0 Å². The van der Waals surface area contributed by atoms with Gasteiger partial charge in [0.1, 0.15) is 0 Å². The summed E-state index contributed by atoms with van der Waals surface area (Å²) < 4.78 is 0. The van der Waals surface area contributed by atoms with Crippen LogP contribution in [0.5, 0.6) is 0 Å². The molecule has 2 atom stereocenters. The highest BCUT2D eigenvalue weighted by molar-refractivity contribution is 7.09. The second-order valence-corrected chi connectivity index (χ2v) is 5.85.